The lowest BCUT2D eigenvalue weighted by Crippen LogP contribution is -2.40. The molecule has 0 saturated carbocycles. The average molecular weight is 396 g/mol. The molecule has 0 aliphatic carbocycles. The maximum absolute atomic E-state index is 12.3. The second-order valence-corrected chi connectivity index (χ2v) is 7.96. The molecule has 3 N–H and O–H groups in total. The first-order valence-electron chi connectivity index (χ1n) is 9.46. The quantitative estimate of drug-likeness (QED) is 0.585. The molecule has 0 aromatic heterocycles. The first-order valence-corrected chi connectivity index (χ1v) is 9.46. The number of hydrogen-bond donors (Lipinski definition) is 3. The van der Waals surface area contributed by atoms with E-state index in [9.17, 15) is 9.59 Å². The van der Waals surface area contributed by atoms with Crippen LogP contribution >= 0.6 is 0 Å². The number of carbonyl (C=O) groups is 2. The van der Waals surface area contributed by atoms with E-state index >= 15 is 0 Å². The summed E-state index contributed by atoms with van der Waals surface area (Å²) in [4.78, 5) is 24.6. The Balaban J connectivity index is 1.91. The van der Waals surface area contributed by atoms with Crippen molar-refractivity contribution in [2.24, 2.45) is 0 Å². The van der Waals surface area contributed by atoms with Crippen molar-refractivity contribution in [3.05, 3.63) is 66.2 Å². The number of ether oxygens (including phenoxy) is 1. The molecule has 2 rings (SSSR count). The average Bonchev–Trinajstić information content (AvgIpc) is 2.64. The second-order valence-electron chi connectivity index (χ2n) is 7.96. The minimum Gasteiger partial charge on any atom is -0.489 e. The summed E-state index contributed by atoms with van der Waals surface area (Å²) in [7, 11) is 0. The van der Waals surface area contributed by atoms with Crippen LogP contribution in [0.25, 0.3) is 0 Å². The van der Waals surface area contributed by atoms with Gasteiger partial charge in [-0.1, -0.05) is 18.7 Å². The molecule has 0 radical (unpaired) electrons. The molecule has 0 heterocycles. The van der Waals surface area contributed by atoms with Crippen LogP contribution in [0.4, 0.5) is 11.4 Å². The Morgan fingerprint density at radius 3 is 2.41 bits per heavy atom. The molecule has 0 fully saturated rings. The van der Waals surface area contributed by atoms with Crippen molar-refractivity contribution in [3.63, 3.8) is 0 Å². The van der Waals surface area contributed by atoms with Gasteiger partial charge in [0.15, 0.2) is 0 Å². The third kappa shape index (κ3) is 8.09. The van der Waals surface area contributed by atoms with Crippen LogP contribution in [-0.2, 0) is 4.79 Å². The van der Waals surface area contributed by atoms with Crippen molar-refractivity contribution < 1.29 is 14.3 Å². The second kappa shape index (κ2) is 9.78. The summed E-state index contributed by atoms with van der Waals surface area (Å²) in [5, 5.41) is 8.77. The molecule has 6 nitrogen and oxygen atoms in total. The molecule has 2 aromatic rings. The Bertz CT molecular complexity index is 885. The zero-order chi connectivity index (χ0) is 21.4. The van der Waals surface area contributed by atoms with Crippen molar-refractivity contribution >= 4 is 23.2 Å². The molecule has 6 heteroatoms. The van der Waals surface area contributed by atoms with E-state index in [-0.39, 0.29) is 23.9 Å². The number of amides is 2. The predicted molar refractivity (Wildman–Crippen MR) is 118 cm³/mol. The number of rotatable bonds is 8. The zero-order valence-corrected chi connectivity index (χ0v) is 17.5. The fourth-order valence-corrected chi connectivity index (χ4v) is 2.44. The summed E-state index contributed by atoms with van der Waals surface area (Å²) >= 11 is 0. The molecule has 0 saturated heterocycles. The number of anilines is 2. The van der Waals surface area contributed by atoms with Crippen LogP contribution in [-0.4, -0.2) is 30.5 Å². The molecule has 0 unspecified atom stereocenters. The predicted octanol–water partition coefficient (Wildman–Crippen LogP) is 4.22. The van der Waals surface area contributed by atoms with E-state index in [1.165, 1.54) is 0 Å². The fourth-order valence-electron chi connectivity index (χ4n) is 2.44. The third-order valence-electron chi connectivity index (χ3n) is 3.67. The van der Waals surface area contributed by atoms with Crippen molar-refractivity contribution in [1.29, 1.82) is 0 Å². The van der Waals surface area contributed by atoms with Crippen LogP contribution < -0.4 is 20.7 Å². The fraction of sp³-hybridized carbons (Fsp3) is 0.304. The number of carbonyl (C=O) groups excluding carboxylic acids is 2. The van der Waals surface area contributed by atoms with Gasteiger partial charge < -0.3 is 20.7 Å². The number of benzene rings is 2. The lowest BCUT2D eigenvalue weighted by Gasteiger charge is -2.20. The van der Waals surface area contributed by atoms with Crippen molar-refractivity contribution in [2.45, 2.75) is 33.2 Å². The minimum atomic E-state index is -0.330. The van der Waals surface area contributed by atoms with Crippen LogP contribution in [0.5, 0.6) is 5.75 Å². The number of nitrogens with one attached hydrogen (secondary N) is 3. The van der Waals surface area contributed by atoms with Crippen LogP contribution in [0.15, 0.2) is 60.7 Å². The highest BCUT2D eigenvalue weighted by molar-refractivity contribution is 5.98. The Hall–Kier alpha value is -3.28. The van der Waals surface area contributed by atoms with Gasteiger partial charge in [0, 0.05) is 28.5 Å². The monoisotopic (exact) mass is 395 g/mol. The smallest absolute Gasteiger partial charge is 0.251 e. The summed E-state index contributed by atoms with van der Waals surface area (Å²) in [5.74, 6) is 0.306. The summed E-state index contributed by atoms with van der Waals surface area (Å²) < 4.78 is 5.60. The van der Waals surface area contributed by atoms with Crippen LogP contribution in [0, 0.1) is 0 Å². The van der Waals surface area contributed by atoms with Gasteiger partial charge in [0.05, 0.1) is 6.54 Å². The Morgan fingerprint density at radius 1 is 1.03 bits per heavy atom. The summed E-state index contributed by atoms with van der Waals surface area (Å²) in [5.41, 5.74) is 2.44. The molecule has 0 bridgehead atoms. The largest absolute Gasteiger partial charge is 0.489 e. The highest BCUT2D eigenvalue weighted by Gasteiger charge is 2.15. The zero-order valence-electron chi connectivity index (χ0n) is 17.5. The van der Waals surface area contributed by atoms with E-state index in [0.29, 0.717) is 23.6 Å². The standard InChI is InChI=1S/C23H29N3O3/c1-16(2)15-29-20-11-7-9-18(13-20)24-14-21(27)25-19-10-6-8-17(12-19)22(28)26-23(3,4)5/h6-13,24H,1,14-15H2,2-5H3,(H,25,27)(H,26,28). The molecule has 2 amide bonds. The van der Waals surface area contributed by atoms with Crippen LogP contribution in [0.1, 0.15) is 38.1 Å². The maximum atomic E-state index is 12.3. The van der Waals surface area contributed by atoms with Crippen molar-refractivity contribution in [3.8, 4) is 5.75 Å². The van der Waals surface area contributed by atoms with Crippen LogP contribution in [0.3, 0.4) is 0 Å². The SMILES string of the molecule is C=C(C)COc1cccc(NCC(=O)Nc2cccc(C(=O)NC(C)(C)C)c2)c1. The van der Waals surface area contributed by atoms with Gasteiger partial charge in [-0.15, -0.1) is 0 Å². The normalized spacial score (nSPS) is 10.8. The van der Waals surface area contributed by atoms with Gasteiger partial charge in [0.25, 0.3) is 5.91 Å². The first kappa shape index (κ1) is 22.0. The van der Waals surface area contributed by atoms with E-state index in [2.05, 4.69) is 22.5 Å². The van der Waals surface area contributed by atoms with Gasteiger partial charge in [-0.2, -0.15) is 0 Å². The molecule has 0 spiro atoms. The Kier molecular flexibility index (Phi) is 7.42. The molecule has 0 aliphatic rings. The number of hydrogen-bond acceptors (Lipinski definition) is 4. The van der Waals surface area contributed by atoms with E-state index in [4.69, 9.17) is 4.74 Å². The third-order valence-corrected chi connectivity index (χ3v) is 3.67. The van der Waals surface area contributed by atoms with E-state index < -0.39 is 0 Å². The van der Waals surface area contributed by atoms with E-state index in [1.807, 2.05) is 52.0 Å². The Morgan fingerprint density at radius 2 is 1.72 bits per heavy atom. The summed E-state index contributed by atoms with van der Waals surface area (Å²) in [6.07, 6.45) is 0. The van der Waals surface area contributed by atoms with Gasteiger partial charge in [0.1, 0.15) is 12.4 Å². The Labute approximate surface area is 172 Å². The lowest BCUT2D eigenvalue weighted by molar-refractivity contribution is -0.114. The summed E-state index contributed by atoms with van der Waals surface area (Å²) in [6, 6.07) is 14.2. The molecular formula is C23H29N3O3. The topological polar surface area (TPSA) is 79.5 Å². The molecule has 0 atom stereocenters. The van der Waals surface area contributed by atoms with Gasteiger partial charge in [-0.25, -0.2) is 0 Å². The first-order chi connectivity index (χ1) is 13.6. The maximum Gasteiger partial charge on any atom is 0.251 e. The highest BCUT2D eigenvalue weighted by Crippen LogP contribution is 2.18. The molecule has 2 aromatic carbocycles. The highest BCUT2D eigenvalue weighted by atomic mass is 16.5. The van der Waals surface area contributed by atoms with Gasteiger partial charge in [-0.05, 0) is 63.6 Å². The van der Waals surface area contributed by atoms with Gasteiger partial charge in [-0.3, -0.25) is 9.59 Å². The molecule has 0 aliphatic heterocycles. The molecule has 154 valence electrons. The van der Waals surface area contributed by atoms with Crippen molar-refractivity contribution in [1.82, 2.24) is 5.32 Å². The lowest BCUT2D eigenvalue weighted by atomic mass is 10.1. The van der Waals surface area contributed by atoms with E-state index in [0.717, 1.165) is 11.3 Å². The van der Waals surface area contributed by atoms with Crippen molar-refractivity contribution in [2.75, 3.05) is 23.8 Å². The molecular weight excluding hydrogens is 366 g/mol. The van der Waals surface area contributed by atoms with Gasteiger partial charge >= 0.3 is 0 Å². The summed E-state index contributed by atoms with van der Waals surface area (Å²) in [6.45, 7) is 12.0. The van der Waals surface area contributed by atoms with Gasteiger partial charge in [0.2, 0.25) is 5.91 Å². The minimum absolute atomic E-state index is 0.0857. The molecule has 29 heavy (non-hydrogen) atoms. The van der Waals surface area contributed by atoms with Crippen LogP contribution in [0.2, 0.25) is 0 Å². The van der Waals surface area contributed by atoms with E-state index in [1.54, 1.807) is 24.3 Å².